The summed E-state index contributed by atoms with van der Waals surface area (Å²) in [6, 6.07) is 11.8. The standard InChI is InChI=1S/C17H16ClN3O4S/c1-21(26(19,22)23)11-3-6-17(14(18)9-11)25-16-7-8-20-15-10-12(24-2)4-5-13(15)16/h3-10H,1-2H3,(H2,19,22,23). The van der Waals surface area contributed by atoms with Gasteiger partial charge in [-0.2, -0.15) is 8.42 Å². The third kappa shape index (κ3) is 3.67. The van der Waals surface area contributed by atoms with Gasteiger partial charge in [0.15, 0.2) is 0 Å². The highest BCUT2D eigenvalue weighted by Crippen LogP contribution is 2.36. The fraction of sp³-hybridized carbons (Fsp3) is 0.118. The van der Waals surface area contributed by atoms with Crippen LogP contribution in [-0.2, 0) is 10.2 Å². The van der Waals surface area contributed by atoms with Crippen molar-refractivity contribution in [1.82, 2.24) is 4.98 Å². The summed E-state index contributed by atoms with van der Waals surface area (Å²) < 4.78 is 34.9. The van der Waals surface area contributed by atoms with Crippen molar-refractivity contribution in [1.29, 1.82) is 0 Å². The van der Waals surface area contributed by atoms with E-state index >= 15 is 0 Å². The minimum absolute atomic E-state index is 0.247. The number of ether oxygens (including phenoxy) is 2. The van der Waals surface area contributed by atoms with Crippen molar-refractivity contribution in [2.24, 2.45) is 5.14 Å². The van der Waals surface area contributed by atoms with Crippen LogP contribution in [0.25, 0.3) is 10.9 Å². The second-order valence-electron chi connectivity index (χ2n) is 5.42. The molecule has 9 heteroatoms. The molecule has 0 saturated carbocycles. The lowest BCUT2D eigenvalue weighted by Gasteiger charge is -2.17. The van der Waals surface area contributed by atoms with Gasteiger partial charge in [0.05, 0.1) is 23.3 Å². The lowest BCUT2D eigenvalue weighted by Crippen LogP contribution is -2.33. The normalized spacial score (nSPS) is 11.4. The third-order valence-electron chi connectivity index (χ3n) is 3.79. The topological polar surface area (TPSA) is 94.7 Å². The van der Waals surface area contributed by atoms with E-state index in [2.05, 4.69) is 4.98 Å². The SMILES string of the molecule is COc1ccc2c(Oc3ccc(N(C)S(N)(=O)=O)cc3Cl)ccnc2c1. The smallest absolute Gasteiger partial charge is 0.298 e. The van der Waals surface area contributed by atoms with Crippen LogP contribution < -0.4 is 18.9 Å². The van der Waals surface area contributed by atoms with Crippen molar-refractivity contribution in [2.45, 2.75) is 0 Å². The number of anilines is 1. The van der Waals surface area contributed by atoms with Gasteiger partial charge in [-0.3, -0.25) is 9.29 Å². The number of methoxy groups -OCH3 is 1. The molecule has 136 valence electrons. The van der Waals surface area contributed by atoms with Gasteiger partial charge in [-0.1, -0.05) is 11.6 Å². The number of nitrogens with two attached hydrogens (primary N) is 1. The summed E-state index contributed by atoms with van der Waals surface area (Å²) in [4.78, 5) is 4.30. The molecule has 7 nitrogen and oxygen atoms in total. The first kappa shape index (κ1) is 18.2. The zero-order chi connectivity index (χ0) is 18.9. The number of pyridine rings is 1. The molecular weight excluding hydrogens is 378 g/mol. The fourth-order valence-corrected chi connectivity index (χ4v) is 2.97. The number of rotatable bonds is 5. The molecule has 0 atom stereocenters. The van der Waals surface area contributed by atoms with E-state index in [0.717, 1.165) is 9.69 Å². The molecule has 1 heterocycles. The molecule has 0 radical (unpaired) electrons. The molecular formula is C17H16ClN3O4S. The van der Waals surface area contributed by atoms with Gasteiger partial charge in [0.2, 0.25) is 0 Å². The van der Waals surface area contributed by atoms with Gasteiger partial charge in [0, 0.05) is 24.7 Å². The number of aromatic nitrogens is 1. The van der Waals surface area contributed by atoms with E-state index in [1.54, 1.807) is 37.6 Å². The molecule has 0 spiro atoms. The molecule has 0 saturated heterocycles. The minimum atomic E-state index is -3.87. The van der Waals surface area contributed by atoms with Crippen LogP contribution in [0.4, 0.5) is 5.69 Å². The number of hydrogen-bond donors (Lipinski definition) is 1. The molecule has 0 bridgehead atoms. The Bertz CT molecular complexity index is 1070. The van der Waals surface area contributed by atoms with E-state index in [1.165, 1.54) is 13.1 Å². The molecule has 3 rings (SSSR count). The van der Waals surface area contributed by atoms with E-state index in [-0.39, 0.29) is 5.02 Å². The zero-order valence-electron chi connectivity index (χ0n) is 14.0. The summed E-state index contributed by atoms with van der Waals surface area (Å²) >= 11 is 6.25. The van der Waals surface area contributed by atoms with Gasteiger partial charge < -0.3 is 9.47 Å². The monoisotopic (exact) mass is 393 g/mol. The Kier molecular flexibility index (Phi) is 4.90. The summed E-state index contributed by atoms with van der Waals surface area (Å²) in [5.74, 6) is 1.63. The number of fused-ring (bicyclic) bond motifs is 1. The van der Waals surface area contributed by atoms with E-state index in [1.807, 2.05) is 12.1 Å². The Morgan fingerprint density at radius 1 is 1.12 bits per heavy atom. The van der Waals surface area contributed by atoms with Crippen LogP contribution in [-0.4, -0.2) is 27.6 Å². The summed E-state index contributed by atoms with van der Waals surface area (Å²) in [7, 11) is -0.943. The maximum absolute atomic E-state index is 11.4. The molecule has 1 aromatic heterocycles. The van der Waals surface area contributed by atoms with Crippen LogP contribution in [0.3, 0.4) is 0 Å². The largest absolute Gasteiger partial charge is 0.497 e. The van der Waals surface area contributed by atoms with Crippen LogP contribution >= 0.6 is 11.6 Å². The van der Waals surface area contributed by atoms with Crippen molar-refractivity contribution < 1.29 is 17.9 Å². The van der Waals surface area contributed by atoms with Crippen molar-refractivity contribution in [2.75, 3.05) is 18.5 Å². The first-order valence-corrected chi connectivity index (χ1v) is 9.34. The Balaban J connectivity index is 1.96. The highest BCUT2D eigenvalue weighted by molar-refractivity contribution is 7.90. The van der Waals surface area contributed by atoms with Crippen molar-refractivity contribution >= 4 is 38.4 Å². The number of halogens is 1. The lowest BCUT2D eigenvalue weighted by atomic mass is 10.2. The Morgan fingerprint density at radius 2 is 1.88 bits per heavy atom. The van der Waals surface area contributed by atoms with Gasteiger partial charge in [-0.15, -0.1) is 0 Å². The van der Waals surface area contributed by atoms with E-state index in [4.69, 9.17) is 26.2 Å². The van der Waals surface area contributed by atoms with Crippen molar-refractivity contribution in [3.05, 3.63) is 53.7 Å². The first-order valence-electron chi connectivity index (χ1n) is 7.46. The highest BCUT2D eigenvalue weighted by Gasteiger charge is 2.15. The maximum atomic E-state index is 11.4. The number of nitrogens with zero attached hydrogens (tertiary/aromatic N) is 2. The van der Waals surface area contributed by atoms with Crippen LogP contribution in [0.5, 0.6) is 17.2 Å². The second kappa shape index (κ2) is 6.99. The van der Waals surface area contributed by atoms with E-state index in [0.29, 0.717) is 28.5 Å². The van der Waals surface area contributed by atoms with Gasteiger partial charge >= 0.3 is 0 Å². The van der Waals surface area contributed by atoms with Crippen LogP contribution in [0.1, 0.15) is 0 Å². The van der Waals surface area contributed by atoms with Crippen molar-refractivity contribution in [3.63, 3.8) is 0 Å². The Labute approximate surface area is 156 Å². The average Bonchev–Trinajstić information content (AvgIpc) is 2.61. The molecule has 3 aromatic rings. The molecule has 0 aliphatic rings. The summed E-state index contributed by atoms with van der Waals surface area (Å²) in [5.41, 5.74) is 1.04. The van der Waals surface area contributed by atoms with Gasteiger partial charge in [-0.05, 0) is 36.4 Å². The zero-order valence-corrected chi connectivity index (χ0v) is 15.6. The molecule has 0 aliphatic carbocycles. The van der Waals surface area contributed by atoms with Crippen molar-refractivity contribution in [3.8, 4) is 17.2 Å². The Morgan fingerprint density at radius 3 is 2.54 bits per heavy atom. The molecule has 2 aromatic carbocycles. The van der Waals surface area contributed by atoms with Gasteiger partial charge in [0.25, 0.3) is 10.2 Å². The van der Waals surface area contributed by atoms with Crippen LogP contribution in [0.15, 0.2) is 48.7 Å². The molecule has 0 unspecified atom stereocenters. The maximum Gasteiger partial charge on any atom is 0.298 e. The summed E-state index contributed by atoms with van der Waals surface area (Å²) in [6.45, 7) is 0. The van der Waals surface area contributed by atoms with Gasteiger partial charge in [0.1, 0.15) is 17.2 Å². The summed E-state index contributed by atoms with van der Waals surface area (Å²) in [5, 5.41) is 6.15. The fourth-order valence-electron chi connectivity index (χ4n) is 2.35. The molecule has 2 N–H and O–H groups in total. The highest BCUT2D eigenvalue weighted by atomic mass is 35.5. The summed E-state index contributed by atoms with van der Waals surface area (Å²) in [6.07, 6.45) is 1.62. The van der Waals surface area contributed by atoms with Crippen LogP contribution in [0.2, 0.25) is 5.02 Å². The number of benzene rings is 2. The minimum Gasteiger partial charge on any atom is -0.497 e. The van der Waals surface area contributed by atoms with Gasteiger partial charge in [-0.25, -0.2) is 5.14 Å². The van der Waals surface area contributed by atoms with E-state index in [9.17, 15) is 8.42 Å². The quantitative estimate of drug-likeness (QED) is 0.717. The number of hydrogen-bond acceptors (Lipinski definition) is 5. The second-order valence-corrected chi connectivity index (χ2v) is 7.41. The predicted molar refractivity (Wildman–Crippen MR) is 101 cm³/mol. The third-order valence-corrected chi connectivity index (χ3v) is 5.06. The van der Waals surface area contributed by atoms with Crippen LogP contribution in [0, 0.1) is 0 Å². The molecule has 0 amide bonds. The predicted octanol–water partition coefficient (Wildman–Crippen LogP) is 3.33. The Hall–Kier alpha value is -2.55. The molecule has 26 heavy (non-hydrogen) atoms. The van der Waals surface area contributed by atoms with E-state index < -0.39 is 10.2 Å². The first-order chi connectivity index (χ1) is 12.3. The molecule has 0 fully saturated rings. The molecule has 0 aliphatic heterocycles. The average molecular weight is 394 g/mol. The lowest BCUT2D eigenvalue weighted by molar-refractivity contribution is 0.415.